The average molecular weight is 397 g/mol. The standard InChI is InChI=1S/C22H23NO6/c1-4-5-14-8-22(25)29-20-12-16(6-7-19(14)20)28-13-21(24)23-15-9-17(26-2)11-18(10-15)27-3/h6-12H,4-5,13H2,1-3H3,(H,23,24). The van der Waals surface area contributed by atoms with Gasteiger partial charge in [-0.3, -0.25) is 4.79 Å². The average Bonchev–Trinajstić information content (AvgIpc) is 2.71. The van der Waals surface area contributed by atoms with E-state index in [-0.39, 0.29) is 12.5 Å². The number of rotatable bonds is 8. The van der Waals surface area contributed by atoms with Crippen LogP contribution in [0.5, 0.6) is 17.2 Å². The fourth-order valence-corrected chi connectivity index (χ4v) is 3.00. The van der Waals surface area contributed by atoms with E-state index in [1.165, 1.54) is 20.3 Å². The number of amides is 1. The van der Waals surface area contributed by atoms with Gasteiger partial charge in [-0.15, -0.1) is 0 Å². The van der Waals surface area contributed by atoms with Crippen LogP contribution >= 0.6 is 0 Å². The Kier molecular flexibility index (Phi) is 6.39. The zero-order valence-electron chi connectivity index (χ0n) is 16.6. The highest BCUT2D eigenvalue weighted by Gasteiger charge is 2.10. The van der Waals surface area contributed by atoms with Crippen molar-refractivity contribution in [1.29, 1.82) is 0 Å². The van der Waals surface area contributed by atoms with Gasteiger partial charge in [-0.25, -0.2) is 4.79 Å². The number of nitrogens with one attached hydrogen (secondary N) is 1. The molecule has 1 amide bonds. The molecule has 3 aromatic rings. The zero-order chi connectivity index (χ0) is 20.8. The van der Waals surface area contributed by atoms with Crippen LogP contribution in [-0.2, 0) is 11.2 Å². The molecule has 0 saturated heterocycles. The molecule has 1 heterocycles. The summed E-state index contributed by atoms with van der Waals surface area (Å²) in [5.41, 5.74) is 1.51. The van der Waals surface area contributed by atoms with Crippen LogP contribution in [0.2, 0.25) is 0 Å². The molecule has 0 aliphatic rings. The van der Waals surface area contributed by atoms with Gasteiger partial charge in [-0.05, 0) is 24.1 Å². The molecule has 0 bridgehead atoms. The van der Waals surface area contributed by atoms with Gasteiger partial charge in [0, 0.05) is 41.4 Å². The first-order chi connectivity index (χ1) is 14.0. The molecule has 0 fully saturated rings. The van der Waals surface area contributed by atoms with E-state index < -0.39 is 5.63 Å². The molecule has 0 radical (unpaired) electrons. The van der Waals surface area contributed by atoms with E-state index in [1.54, 1.807) is 30.3 Å². The minimum Gasteiger partial charge on any atom is -0.497 e. The first-order valence-corrected chi connectivity index (χ1v) is 9.25. The van der Waals surface area contributed by atoms with Crippen molar-refractivity contribution < 1.29 is 23.4 Å². The summed E-state index contributed by atoms with van der Waals surface area (Å²) in [4.78, 5) is 24.0. The molecule has 29 heavy (non-hydrogen) atoms. The Bertz CT molecular complexity index is 1050. The fraction of sp³-hybridized carbons (Fsp3) is 0.273. The number of fused-ring (bicyclic) bond motifs is 1. The predicted octanol–water partition coefficient (Wildman–Crippen LogP) is 3.78. The van der Waals surface area contributed by atoms with Crippen LogP contribution in [0.1, 0.15) is 18.9 Å². The van der Waals surface area contributed by atoms with Crippen LogP contribution in [0.25, 0.3) is 11.0 Å². The summed E-state index contributed by atoms with van der Waals surface area (Å²) in [6.07, 6.45) is 1.71. The minimum absolute atomic E-state index is 0.204. The molecule has 0 spiro atoms. The van der Waals surface area contributed by atoms with Crippen molar-refractivity contribution in [3.8, 4) is 17.2 Å². The van der Waals surface area contributed by atoms with Crippen molar-refractivity contribution in [3.63, 3.8) is 0 Å². The fourth-order valence-electron chi connectivity index (χ4n) is 3.00. The third-order valence-electron chi connectivity index (χ3n) is 4.33. The van der Waals surface area contributed by atoms with Crippen LogP contribution < -0.4 is 25.2 Å². The van der Waals surface area contributed by atoms with Gasteiger partial charge in [-0.2, -0.15) is 0 Å². The van der Waals surface area contributed by atoms with E-state index in [4.69, 9.17) is 18.6 Å². The van der Waals surface area contributed by atoms with E-state index in [0.717, 1.165) is 23.8 Å². The summed E-state index contributed by atoms with van der Waals surface area (Å²) in [5.74, 6) is 1.22. The SMILES string of the molecule is CCCc1cc(=O)oc2cc(OCC(=O)Nc3cc(OC)cc(OC)c3)ccc12. The van der Waals surface area contributed by atoms with Crippen molar-refractivity contribution in [1.82, 2.24) is 0 Å². The molecule has 2 aromatic carbocycles. The monoisotopic (exact) mass is 397 g/mol. The third-order valence-corrected chi connectivity index (χ3v) is 4.33. The maximum absolute atomic E-state index is 12.3. The largest absolute Gasteiger partial charge is 0.497 e. The number of benzene rings is 2. The Morgan fingerprint density at radius 3 is 2.38 bits per heavy atom. The van der Waals surface area contributed by atoms with Crippen molar-refractivity contribution in [3.05, 3.63) is 58.4 Å². The molecule has 7 nitrogen and oxygen atoms in total. The molecule has 0 saturated carbocycles. The quantitative estimate of drug-likeness (QED) is 0.582. The van der Waals surface area contributed by atoms with Crippen LogP contribution in [-0.4, -0.2) is 26.7 Å². The number of carbonyl (C=O) groups is 1. The Hall–Kier alpha value is -3.48. The molecule has 0 aliphatic carbocycles. The lowest BCUT2D eigenvalue weighted by Gasteiger charge is -2.11. The van der Waals surface area contributed by atoms with Gasteiger partial charge in [0.15, 0.2) is 6.61 Å². The van der Waals surface area contributed by atoms with Gasteiger partial charge in [0.1, 0.15) is 22.8 Å². The Labute approximate surface area is 168 Å². The van der Waals surface area contributed by atoms with Gasteiger partial charge < -0.3 is 23.9 Å². The van der Waals surface area contributed by atoms with E-state index in [0.29, 0.717) is 28.5 Å². The smallest absolute Gasteiger partial charge is 0.336 e. The number of hydrogen-bond donors (Lipinski definition) is 1. The first kappa shape index (κ1) is 20.3. The Morgan fingerprint density at radius 2 is 1.72 bits per heavy atom. The molecule has 0 aliphatic heterocycles. The summed E-state index contributed by atoms with van der Waals surface area (Å²) >= 11 is 0. The van der Waals surface area contributed by atoms with Crippen LogP contribution in [0, 0.1) is 0 Å². The maximum atomic E-state index is 12.3. The Balaban J connectivity index is 1.70. The van der Waals surface area contributed by atoms with Gasteiger partial charge in [0.25, 0.3) is 5.91 Å². The van der Waals surface area contributed by atoms with E-state index >= 15 is 0 Å². The number of carbonyl (C=O) groups excluding carboxylic acids is 1. The molecule has 152 valence electrons. The molecular formula is C22H23NO6. The Morgan fingerprint density at radius 1 is 1.00 bits per heavy atom. The maximum Gasteiger partial charge on any atom is 0.336 e. The summed E-state index contributed by atoms with van der Waals surface area (Å²) in [7, 11) is 3.07. The predicted molar refractivity (Wildman–Crippen MR) is 110 cm³/mol. The molecule has 0 unspecified atom stereocenters. The van der Waals surface area contributed by atoms with Crippen LogP contribution in [0.4, 0.5) is 5.69 Å². The molecule has 7 heteroatoms. The van der Waals surface area contributed by atoms with Crippen molar-refractivity contribution in [2.45, 2.75) is 19.8 Å². The summed E-state index contributed by atoms with van der Waals surface area (Å²) in [6.45, 7) is 1.85. The van der Waals surface area contributed by atoms with Crippen LogP contribution in [0.15, 0.2) is 51.7 Å². The minimum atomic E-state index is -0.400. The lowest BCUT2D eigenvalue weighted by atomic mass is 10.1. The summed E-state index contributed by atoms with van der Waals surface area (Å²) in [5, 5.41) is 3.60. The van der Waals surface area contributed by atoms with Gasteiger partial charge >= 0.3 is 5.63 Å². The number of methoxy groups -OCH3 is 2. The van der Waals surface area contributed by atoms with Crippen molar-refractivity contribution >= 4 is 22.6 Å². The van der Waals surface area contributed by atoms with E-state index in [9.17, 15) is 9.59 Å². The first-order valence-electron chi connectivity index (χ1n) is 9.25. The van der Waals surface area contributed by atoms with Crippen molar-refractivity contribution in [2.24, 2.45) is 0 Å². The van der Waals surface area contributed by atoms with Gasteiger partial charge in [0.2, 0.25) is 0 Å². The lowest BCUT2D eigenvalue weighted by molar-refractivity contribution is -0.118. The highest BCUT2D eigenvalue weighted by atomic mass is 16.5. The second-order valence-corrected chi connectivity index (χ2v) is 6.44. The summed E-state index contributed by atoms with van der Waals surface area (Å²) < 4.78 is 21.2. The molecule has 1 N–H and O–H groups in total. The summed E-state index contributed by atoms with van der Waals surface area (Å²) in [6, 6.07) is 11.8. The molecule has 1 aromatic heterocycles. The number of ether oxygens (including phenoxy) is 3. The number of anilines is 1. The molecular weight excluding hydrogens is 374 g/mol. The highest BCUT2D eigenvalue weighted by molar-refractivity contribution is 5.92. The van der Waals surface area contributed by atoms with Crippen LogP contribution in [0.3, 0.4) is 0 Å². The van der Waals surface area contributed by atoms with Crippen molar-refractivity contribution in [2.75, 3.05) is 26.1 Å². The normalized spacial score (nSPS) is 10.6. The zero-order valence-corrected chi connectivity index (χ0v) is 16.6. The van der Waals surface area contributed by atoms with Gasteiger partial charge in [0.05, 0.1) is 14.2 Å². The highest BCUT2D eigenvalue weighted by Crippen LogP contribution is 2.26. The third kappa shape index (κ3) is 5.07. The number of hydrogen-bond acceptors (Lipinski definition) is 6. The molecule has 0 atom stereocenters. The van der Waals surface area contributed by atoms with E-state index in [2.05, 4.69) is 12.2 Å². The molecule has 3 rings (SSSR count). The second-order valence-electron chi connectivity index (χ2n) is 6.44. The number of aryl methyl sites for hydroxylation is 1. The van der Waals surface area contributed by atoms with Gasteiger partial charge in [-0.1, -0.05) is 13.3 Å². The lowest BCUT2D eigenvalue weighted by Crippen LogP contribution is -2.20. The second kappa shape index (κ2) is 9.14. The topological polar surface area (TPSA) is 87.0 Å². The van der Waals surface area contributed by atoms with E-state index in [1.807, 2.05) is 6.07 Å².